The van der Waals surface area contributed by atoms with Crippen LogP contribution in [0.25, 0.3) is 6.08 Å². The van der Waals surface area contributed by atoms with Gasteiger partial charge in [-0.2, -0.15) is 0 Å². The quantitative estimate of drug-likeness (QED) is 0.0826. The fourth-order valence-corrected chi connectivity index (χ4v) is 7.83. The lowest BCUT2D eigenvalue weighted by Crippen LogP contribution is -2.30. The zero-order chi connectivity index (χ0) is 34.8. The summed E-state index contributed by atoms with van der Waals surface area (Å²) in [5.74, 6) is -2.40. The Bertz CT molecular complexity index is 1860. The van der Waals surface area contributed by atoms with Gasteiger partial charge in [0.05, 0.1) is 17.9 Å². The summed E-state index contributed by atoms with van der Waals surface area (Å²) in [7, 11) is 1.35. The van der Waals surface area contributed by atoms with Gasteiger partial charge < -0.3 is 20.7 Å². The van der Waals surface area contributed by atoms with E-state index in [2.05, 4.69) is 16.0 Å². The fourth-order valence-electron chi connectivity index (χ4n) is 5.54. The fraction of sp³-hybridized carbons (Fsp3) is 0.263. The Kier molecular flexibility index (Phi) is 12.4. The number of carbonyl (C=O) groups is 4. The number of benzene rings is 3. The predicted molar refractivity (Wildman–Crippen MR) is 193 cm³/mol. The number of carbonyl (C=O) groups excluding carboxylic acids is 4. The van der Waals surface area contributed by atoms with E-state index < -0.39 is 28.9 Å². The molecule has 0 spiro atoms. The molecule has 254 valence electrons. The number of thiophene rings is 1. The van der Waals surface area contributed by atoms with E-state index in [1.54, 1.807) is 54.6 Å². The number of fused-ring (bicyclic) bond motifs is 1. The number of esters is 1. The van der Waals surface area contributed by atoms with Crippen LogP contribution in [0.4, 0.5) is 15.1 Å². The van der Waals surface area contributed by atoms with Crippen LogP contribution in [-0.4, -0.2) is 36.1 Å². The van der Waals surface area contributed by atoms with Gasteiger partial charge in [-0.15, -0.1) is 23.1 Å². The Morgan fingerprint density at radius 1 is 0.918 bits per heavy atom. The highest BCUT2D eigenvalue weighted by Crippen LogP contribution is 2.38. The van der Waals surface area contributed by atoms with E-state index in [0.717, 1.165) is 53.9 Å². The first-order chi connectivity index (χ1) is 23.8. The molecule has 0 radical (unpaired) electrons. The number of hydrogen-bond donors (Lipinski definition) is 3. The molecule has 3 aromatic carbocycles. The minimum atomic E-state index is -0.650. The number of hydrogen-bond acceptors (Lipinski definition) is 7. The SMILES string of the molecule is CCC(Sc1cccc(NC(=O)/C(=C/c2ccccc2F)NC(=O)c2ccccc2)c1)C(=O)Nc1sc2c(c1C(=O)OC)CCCCCC2. The van der Waals surface area contributed by atoms with Gasteiger partial charge in [-0.3, -0.25) is 14.4 Å². The molecule has 0 saturated heterocycles. The Morgan fingerprint density at radius 2 is 1.65 bits per heavy atom. The number of anilines is 2. The highest BCUT2D eigenvalue weighted by molar-refractivity contribution is 8.00. The Morgan fingerprint density at radius 3 is 2.39 bits per heavy atom. The molecule has 1 heterocycles. The van der Waals surface area contributed by atoms with Crippen LogP contribution in [-0.2, 0) is 27.2 Å². The Hall–Kier alpha value is -4.74. The molecule has 0 aliphatic heterocycles. The summed E-state index contributed by atoms with van der Waals surface area (Å²) in [6, 6.07) is 21.4. The molecule has 1 aliphatic rings. The minimum Gasteiger partial charge on any atom is -0.465 e. The second-order valence-corrected chi connectivity index (χ2v) is 13.9. The number of ether oxygens (including phenoxy) is 1. The lowest BCUT2D eigenvalue weighted by atomic mass is 9.96. The summed E-state index contributed by atoms with van der Waals surface area (Å²) in [6.07, 6.45) is 7.73. The third-order valence-electron chi connectivity index (χ3n) is 8.06. The average Bonchev–Trinajstić information content (AvgIpc) is 3.42. The minimum absolute atomic E-state index is 0.134. The number of amides is 3. The molecule has 0 saturated carbocycles. The summed E-state index contributed by atoms with van der Waals surface area (Å²) in [4.78, 5) is 54.8. The van der Waals surface area contributed by atoms with E-state index in [4.69, 9.17) is 4.74 Å². The van der Waals surface area contributed by atoms with Crippen molar-refractivity contribution in [2.45, 2.75) is 62.0 Å². The molecule has 1 aromatic heterocycles. The standard InChI is InChI=1S/C38H38FN3O5S2/c1-3-31(36(45)42-37-33(38(46)47-2)28-19-9-4-5-10-21-32(28)49-37)48-27-18-13-17-26(23-27)40-35(44)30(22-25-16-11-12-20-29(25)39)41-34(43)24-14-7-6-8-15-24/h6-8,11-18,20,22-23,31H,3-5,9-10,19,21H2,1-2H3,(H,40,44)(H,41,43)(H,42,45)/b30-22-. The van der Waals surface area contributed by atoms with Gasteiger partial charge in [0.15, 0.2) is 0 Å². The van der Waals surface area contributed by atoms with Crippen molar-refractivity contribution in [1.82, 2.24) is 5.32 Å². The van der Waals surface area contributed by atoms with Gasteiger partial charge in [0, 0.05) is 26.6 Å². The highest BCUT2D eigenvalue weighted by atomic mass is 32.2. The van der Waals surface area contributed by atoms with Crippen molar-refractivity contribution in [3.05, 3.63) is 118 Å². The number of aryl methyl sites for hydroxylation is 1. The number of methoxy groups -OCH3 is 1. The van der Waals surface area contributed by atoms with Gasteiger partial charge in [-0.1, -0.05) is 62.2 Å². The van der Waals surface area contributed by atoms with Crippen molar-refractivity contribution in [3.63, 3.8) is 0 Å². The van der Waals surface area contributed by atoms with E-state index in [-0.39, 0.29) is 17.2 Å². The molecule has 1 atom stereocenters. The van der Waals surface area contributed by atoms with Gasteiger partial charge in [-0.25, -0.2) is 9.18 Å². The van der Waals surface area contributed by atoms with Crippen LogP contribution < -0.4 is 16.0 Å². The topological polar surface area (TPSA) is 114 Å². The third kappa shape index (κ3) is 9.24. The lowest BCUT2D eigenvalue weighted by molar-refractivity contribution is -0.116. The molecule has 1 aliphatic carbocycles. The van der Waals surface area contributed by atoms with Crippen LogP contribution >= 0.6 is 23.1 Å². The maximum absolute atomic E-state index is 14.5. The second-order valence-electron chi connectivity index (χ2n) is 11.5. The number of halogens is 1. The third-order valence-corrected chi connectivity index (χ3v) is 10.6. The molecule has 5 rings (SSSR count). The zero-order valence-electron chi connectivity index (χ0n) is 27.3. The van der Waals surface area contributed by atoms with Crippen molar-refractivity contribution in [2.24, 2.45) is 0 Å². The summed E-state index contributed by atoms with van der Waals surface area (Å²) in [5, 5.41) is 8.47. The molecular weight excluding hydrogens is 662 g/mol. The van der Waals surface area contributed by atoms with Crippen LogP contribution in [0.3, 0.4) is 0 Å². The summed E-state index contributed by atoms with van der Waals surface area (Å²) >= 11 is 2.79. The monoisotopic (exact) mass is 699 g/mol. The van der Waals surface area contributed by atoms with Crippen LogP contribution in [0.1, 0.15) is 75.7 Å². The van der Waals surface area contributed by atoms with E-state index >= 15 is 0 Å². The summed E-state index contributed by atoms with van der Waals surface area (Å²) in [6.45, 7) is 1.91. The molecule has 3 amide bonds. The smallest absolute Gasteiger partial charge is 0.341 e. The van der Waals surface area contributed by atoms with Crippen molar-refractivity contribution in [2.75, 3.05) is 17.7 Å². The van der Waals surface area contributed by atoms with E-state index in [0.29, 0.717) is 28.2 Å². The molecule has 11 heteroatoms. The Labute approximate surface area is 293 Å². The molecule has 4 aromatic rings. The second kappa shape index (κ2) is 17.1. The largest absolute Gasteiger partial charge is 0.465 e. The molecule has 3 N–H and O–H groups in total. The number of thioether (sulfide) groups is 1. The maximum Gasteiger partial charge on any atom is 0.341 e. The van der Waals surface area contributed by atoms with Crippen molar-refractivity contribution < 1.29 is 28.3 Å². The van der Waals surface area contributed by atoms with Crippen molar-refractivity contribution in [1.29, 1.82) is 0 Å². The Balaban J connectivity index is 1.32. The van der Waals surface area contributed by atoms with Crippen molar-refractivity contribution in [3.8, 4) is 0 Å². The molecule has 1 unspecified atom stereocenters. The van der Waals surface area contributed by atoms with Gasteiger partial charge in [0.1, 0.15) is 16.5 Å². The van der Waals surface area contributed by atoms with E-state index in [1.165, 1.54) is 54.5 Å². The van der Waals surface area contributed by atoms with E-state index in [1.807, 2.05) is 13.0 Å². The predicted octanol–water partition coefficient (Wildman–Crippen LogP) is 8.25. The molecule has 0 bridgehead atoms. The van der Waals surface area contributed by atoms with Crippen LogP contribution in [0, 0.1) is 5.82 Å². The first-order valence-electron chi connectivity index (χ1n) is 16.2. The molecule has 0 fully saturated rings. The van der Waals surface area contributed by atoms with Gasteiger partial charge in [-0.05, 0) is 80.1 Å². The first-order valence-corrected chi connectivity index (χ1v) is 17.9. The summed E-state index contributed by atoms with van der Waals surface area (Å²) < 4.78 is 19.6. The number of rotatable bonds is 11. The van der Waals surface area contributed by atoms with Crippen molar-refractivity contribution >= 4 is 63.6 Å². The van der Waals surface area contributed by atoms with Gasteiger partial charge >= 0.3 is 5.97 Å². The van der Waals surface area contributed by atoms with Gasteiger partial charge in [0.25, 0.3) is 11.8 Å². The first kappa shape index (κ1) is 35.6. The maximum atomic E-state index is 14.5. The molecule has 49 heavy (non-hydrogen) atoms. The van der Waals surface area contributed by atoms with E-state index in [9.17, 15) is 23.6 Å². The van der Waals surface area contributed by atoms with Crippen LogP contribution in [0.2, 0.25) is 0 Å². The molecular formula is C38H38FN3O5S2. The summed E-state index contributed by atoms with van der Waals surface area (Å²) in [5.41, 5.74) is 2.19. The molecule has 8 nitrogen and oxygen atoms in total. The average molecular weight is 700 g/mol. The van der Waals surface area contributed by atoms with Gasteiger partial charge in [0.2, 0.25) is 5.91 Å². The van der Waals surface area contributed by atoms with Crippen LogP contribution in [0.5, 0.6) is 0 Å². The lowest BCUT2D eigenvalue weighted by Gasteiger charge is -2.16. The highest BCUT2D eigenvalue weighted by Gasteiger charge is 2.28. The normalized spacial score (nSPS) is 13.7. The van der Waals surface area contributed by atoms with Crippen LogP contribution in [0.15, 0.2) is 89.5 Å². The number of nitrogens with one attached hydrogen (secondary N) is 3. The zero-order valence-corrected chi connectivity index (χ0v) is 29.0.